The highest BCUT2D eigenvalue weighted by Crippen LogP contribution is 2.48. The molecule has 1 aliphatic carbocycles. The molecule has 1 N–H and O–H groups in total. The van der Waals surface area contributed by atoms with E-state index in [-0.39, 0.29) is 23.1 Å². The van der Waals surface area contributed by atoms with Crippen molar-refractivity contribution in [3.63, 3.8) is 0 Å². The van der Waals surface area contributed by atoms with E-state index in [1.165, 1.54) is 0 Å². The number of ether oxygens (including phenoxy) is 1. The number of nitrogens with one attached hydrogen (secondary N) is 1. The molecule has 4 heteroatoms. The first kappa shape index (κ1) is 13.2. The average Bonchev–Trinajstić information content (AvgIpc) is 2.47. The van der Waals surface area contributed by atoms with Crippen molar-refractivity contribution in [1.82, 2.24) is 5.32 Å². The Balaban J connectivity index is 2.08. The highest BCUT2D eigenvalue weighted by Gasteiger charge is 2.50. The molecule has 20 heavy (non-hydrogen) atoms. The van der Waals surface area contributed by atoms with E-state index in [0.29, 0.717) is 6.42 Å². The summed E-state index contributed by atoms with van der Waals surface area (Å²) in [5, 5.41) is 2.49. The average molecular weight is 273 g/mol. The third-order valence-electron chi connectivity index (χ3n) is 4.73. The molecule has 2 unspecified atom stereocenters. The Morgan fingerprint density at radius 2 is 2.15 bits per heavy atom. The van der Waals surface area contributed by atoms with Crippen LogP contribution in [0.2, 0.25) is 0 Å². The van der Waals surface area contributed by atoms with Crippen LogP contribution in [0.3, 0.4) is 0 Å². The van der Waals surface area contributed by atoms with E-state index >= 15 is 0 Å². The molecule has 2 fully saturated rings. The van der Waals surface area contributed by atoms with Crippen LogP contribution in [0.5, 0.6) is 5.75 Å². The van der Waals surface area contributed by atoms with E-state index < -0.39 is 0 Å². The quantitative estimate of drug-likeness (QED) is 0.840. The smallest absolute Gasteiger partial charge is 0.230 e. The van der Waals surface area contributed by atoms with Crippen LogP contribution in [0, 0.1) is 5.92 Å². The van der Waals surface area contributed by atoms with Crippen molar-refractivity contribution in [3.8, 4) is 5.75 Å². The zero-order valence-electron chi connectivity index (χ0n) is 11.6. The zero-order valence-corrected chi connectivity index (χ0v) is 11.6. The predicted molar refractivity (Wildman–Crippen MR) is 74.4 cm³/mol. The largest absolute Gasteiger partial charge is 0.497 e. The van der Waals surface area contributed by atoms with Gasteiger partial charge in [0, 0.05) is 17.8 Å². The monoisotopic (exact) mass is 273 g/mol. The number of piperidine rings is 1. The molecule has 0 aromatic heterocycles. The summed E-state index contributed by atoms with van der Waals surface area (Å²) in [6.45, 7) is 0. The second-order valence-electron chi connectivity index (χ2n) is 5.78. The number of amides is 2. The molecular formula is C16H19NO3. The van der Waals surface area contributed by atoms with Crippen molar-refractivity contribution in [2.75, 3.05) is 7.11 Å². The fraction of sp³-hybridized carbons (Fsp3) is 0.500. The molecule has 1 saturated heterocycles. The minimum absolute atomic E-state index is 0.0962. The molecule has 0 spiro atoms. The van der Waals surface area contributed by atoms with Crippen LogP contribution in [0.4, 0.5) is 0 Å². The lowest BCUT2D eigenvalue weighted by Crippen LogP contribution is -2.55. The van der Waals surface area contributed by atoms with Crippen molar-refractivity contribution < 1.29 is 14.3 Å². The summed E-state index contributed by atoms with van der Waals surface area (Å²) in [7, 11) is 1.63. The molecule has 1 aliphatic heterocycles. The van der Waals surface area contributed by atoms with Crippen LogP contribution in [0.15, 0.2) is 24.3 Å². The molecule has 1 saturated carbocycles. The first-order valence-electron chi connectivity index (χ1n) is 7.14. The summed E-state index contributed by atoms with van der Waals surface area (Å²) in [6, 6.07) is 7.82. The van der Waals surface area contributed by atoms with Crippen LogP contribution in [-0.4, -0.2) is 18.9 Å². The van der Waals surface area contributed by atoms with Gasteiger partial charge >= 0.3 is 0 Å². The molecule has 4 nitrogen and oxygen atoms in total. The summed E-state index contributed by atoms with van der Waals surface area (Å²) in [6.07, 6.45) is 4.27. The Morgan fingerprint density at radius 3 is 2.95 bits per heavy atom. The summed E-state index contributed by atoms with van der Waals surface area (Å²) in [4.78, 5) is 24.1. The van der Waals surface area contributed by atoms with Gasteiger partial charge in [-0.25, -0.2) is 0 Å². The van der Waals surface area contributed by atoms with Gasteiger partial charge in [0.05, 0.1) is 7.11 Å². The van der Waals surface area contributed by atoms with Crippen molar-refractivity contribution in [3.05, 3.63) is 29.8 Å². The second-order valence-corrected chi connectivity index (χ2v) is 5.78. The maximum atomic E-state index is 12.2. The Bertz CT molecular complexity index is 554. The van der Waals surface area contributed by atoms with Gasteiger partial charge in [-0.2, -0.15) is 0 Å². The lowest BCUT2D eigenvalue weighted by atomic mass is 9.59. The molecule has 1 aromatic rings. The molecule has 0 radical (unpaired) electrons. The van der Waals surface area contributed by atoms with E-state index in [1.54, 1.807) is 7.11 Å². The van der Waals surface area contributed by atoms with Crippen LogP contribution in [0.25, 0.3) is 0 Å². The van der Waals surface area contributed by atoms with Crippen molar-refractivity contribution in [1.29, 1.82) is 0 Å². The number of rotatable bonds is 2. The van der Waals surface area contributed by atoms with Crippen LogP contribution >= 0.6 is 0 Å². The topological polar surface area (TPSA) is 55.4 Å². The van der Waals surface area contributed by atoms with Gasteiger partial charge in [0.2, 0.25) is 11.8 Å². The Labute approximate surface area is 118 Å². The lowest BCUT2D eigenvalue weighted by molar-refractivity contribution is -0.141. The van der Waals surface area contributed by atoms with E-state index in [2.05, 4.69) is 5.32 Å². The summed E-state index contributed by atoms with van der Waals surface area (Å²) < 4.78 is 5.29. The van der Waals surface area contributed by atoms with Gasteiger partial charge in [0.25, 0.3) is 0 Å². The van der Waals surface area contributed by atoms with Crippen molar-refractivity contribution in [2.24, 2.45) is 5.92 Å². The lowest BCUT2D eigenvalue weighted by Gasteiger charge is -2.46. The van der Waals surface area contributed by atoms with E-state index in [1.807, 2.05) is 24.3 Å². The molecule has 2 amide bonds. The Morgan fingerprint density at radius 1 is 1.30 bits per heavy atom. The number of methoxy groups -OCH3 is 1. The minimum Gasteiger partial charge on any atom is -0.497 e. The van der Waals surface area contributed by atoms with E-state index in [4.69, 9.17) is 4.74 Å². The standard InChI is InChI=1S/C16H19NO3/c1-20-12-6-4-5-11(9-12)16-8-3-2-7-13(16)15(19)17-14(18)10-16/h4-6,9,13H,2-3,7-8,10H2,1H3,(H,17,18,19). The third-order valence-corrected chi connectivity index (χ3v) is 4.73. The fourth-order valence-corrected chi connectivity index (χ4v) is 3.77. The molecule has 3 rings (SSSR count). The fourth-order valence-electron chi connectivity index (χ4n) is 3.77. The number of hydrogen-bond acceptors (Lipinski definition) is 3. The normalized spacial score (nSPS) is 29.6. The third kappa shape index (κ3) is 1.99. The van der Waals surface area contributed by atoms with E-state index in [0.717, 1.165) is 37.0 Å². The van der Waals surface area contributed by atoms with Gasteiger partial charge in [-0.05, 0) is 30.5 Å². The molecule has 2 atom stereocenters. The van der Waals surface area contributed by atoms with Crippen LogP contribution < -0.4 is 10.1 Å². The predicted octanol–water partition coefficient (Wildman–Crippen LogP) is 2.17. The number of hydrogen-bond donors (Lipinski definition) is 1. The van der Waals surface area contributed by atoms with Gasteiger partial charge in [0.1, 0.15) is 5.75 Å². The SMILES string of the molecule is COc1cccc(C23CCCCC2C(=O)NC(=O)C3)c1. The second kappa shape index (κ2) is 4.93. The molecule has 1 heterocycles. The maximum Gasteiger partial charge on any atom is 0.230 e. The van der Waals surface area contributed by atoms with Gasteiger partial charge < -0.3 is 4.74 Å². The van der Waals surface area contributed by atoms with Gasteiger partial charge in [-0.3, -0.25) is 14.9 Å². The zero-order chi connectivity index (χ0) is 14.2. The first-order chi connectivity index (χ1) is 9.65. The molecule has 1 aromatic carbocycles. The number of benzene rings is 1. The molecular weight excluding hydrogens is 254 g/mol. The Kier molecular flexibility index (Phi) is 3.24. The summed E-state index contributed by atoms with van der Waals surface area (Å²) in [5.74, 6) is 0.417. The van der Waals surface area contributed by atoms with Crippen LogP contribution in [0.1, 0.15) is 37.7 Å². The molecule has 2 aliphatic rings. The van der Waals surface area contributed by atoms with Crippen molar-refractivity contribution >= 4 is 11.8 Å². The number of fused-ring (bicyclic) bond motifs is 1. The Hall–Kier alpha value is -1.84. The number of carbonyl (C=O) groups excluding carboxylic acids is 2. The first-order valence-corrected chi connectivity index (χ1v) is 7.14. The molecule has 0 bridgehead atoms. The van der Waals surface area contributed by atoms with Gasteiger partial charge in [-0.15, -0.1) is 0 Å². The maximum absolute atomic E-state index is 12.2. The highest BCUT2D eigenvalue weighted by molar-refractivity contribution is 6.00. The summed E-state index contributed by atoms with van der Waals surface area (Å²) in [5.41, 5.74) is 0.719. The number of imide groups is 1. The van der Waals surface area contributed by atoms with Gasteiger partial charge in [0.15, 0.2) is 0 Å². The summed E-state index contributed by atoms with van der Waals surface area (Å²) >= 11 is 0. The van der Waals surface area contributed by atoms with Crippen molar-refractivity contribution in [2.45, 2.75) is 37.5 Å². The minimum atomic E-state index is -0.341. The highest BCUT2D eigenvalue weighted by atomic mass is 16.5. The van der Waals surface area contributed by atoms with Crippen LogP contribution in [-0.2, 0) is 15.0 Å². The molecule has 106 valence electrons. The van der Waals surface area contributed by atoms with E-state index in [9.17, 15) is 9.59 Å². The van der Waals surface area contributed by atoms with Gasteiger partial charge in [-0.1, -0.05) is 25.0 Å². The number of carbonyl (C=O) groups is 2.